The minimum atomic E-state index is -0.615. The number of carbonyl (C=O) groups excluding carboxylic acids is 1. The fraction of sp³-hybridized carbons (Fsp3) is 0.588. The topological polar surface area (TPSA) is 20.3 Å². The van der Waals surface area contributed by atoms with Crippen LogP contribution in [0.2, 0.25) is 0 Å². The molecule has 0 spiro atoms. The Morgan fingerprint density at radius 3 is 1.39 bits per heavy atom. The average Bonchev–Trinajstić information content (AvgIpc) is 2.94. The molecule has 0 aliphatic rings. The Balaban J connectivity index is 0.00000722. The molecule has 0 saturated heterocycles. The first-order valence-electron chi connectivity index (χ1n) is 15.2. The van der Waals surface area contributed by atoms with E-state index >= 15 is 0 Å². The van der Waals surface area contributed by atoms with Crippen LogP contribution in [-0.2, 0) is 24.3 Å². The van der Waals surface area contributed by atoms with Gasteiger partial charge in [0.15, 0.2) is 5.91 Å². The van der Waals surface area contributed by atoms with E-state index in [2.05, 4.69) is 73.7 Å². The van der Waals surface area contributed by atoms with E-state index in [9.17, 15) is 4.79 Å². The van der Waals surface area contributed by atoms with Crippen LogP contribution in [0.1, 0.15) is 116 Å². The molecule has 0 aliphatic carbocycles. The van der Waals surface area contributed by atoms with E-state index in [1.54, 1.807) is 0 Å². The Labute approximate surface area is 249 Å². The van der Waals surface area contributed by atoms with Crippen LogP contribution in [0.25, 0.3) is 0 Å². The second-order valence-corrected chi connectivity index (χ2v) is 12.7. The van der Waals surface area contributed by atoms with Crippen LogP contribution in [0.15, 0.2) is 60.7 Å². The van der Waals surface area contributed by atoms with E-state index in [1.807, 2.05) is 11.9 Å². The zero-order valence-electron chi connectivity index (χ0n) is 24.2. The van der Waals surface area contributed by atoms with Crippen molar-refractivity contribution in [3.8, 4) is 0 Å². The van der Waals surface area contributed by atoms with Crippen LogP contribution in [-0.4, -0.2) is 24.4 Å². The van der Waals surface area contributed by atoms with Gasteiger partial charge < -0.3 is 4.90 Å². The van der Waals surface area contributed by atoms with Crippen molar-refractivity contribution in [2.45, 2.75) is 116 Å². The smallest absolute Gasteiger partial charge is 0.192 e. The SMILES string of the molecule is CCCCCCCCCCCCCCCCCCN(C)C(=O)C[CH-]P(c1ccccc1)c1ccccc1.[Rh]. The van der Waals surface area contributed by atoms with Gasteiger partial charge in [-0.05, 0) is 6.42 Å². The first-order valence-corrected chi connectivity index (χ1v) is 16.6. The maximum Gasteiger partial charge on any atom is 0.192 e. The molecule has 2 aromatic rings. The van der Waals surface area contributed by atoms with Gasteiger partial charge in [0.25, 0.3) is 0 Å². The molecule has 2 nitrogen and oxygen atoms in total. The van der Waals surface area contributed by atoms with Crippen molar-refractivity contribution in [3.63, 3.8) is 0 Å². The van der Waals surface area contributed by atoms with Crippen LogP contribution >= 0.6 is 7.92 Å². The summed E-state index contributed by atoms with van der Waals surface area (Å²) < 4.78 is 0. The second-order valence-electron chi connectivity index (χ2n) is 10.5. The van der Waals surface area contributed by atoms with Crippen molar-refractivity contribution in [1.82, 2.24) is 4.90 Å². The molecule has 1 radical (unpaired) electrons. The first kappa shape index (κ1) is 35.0. The quantitative estimate of drug-likeness (QED) is 0.0553. The van der Waals surface area contributed by atoms with Crippen LogP contribution in [0.3, 0.4) is 0 Å². The molecule has 0 fully saturated rings. The summed E-state index contributed by atoms with van der Waals surface area (Å²) in [7, 11) is 1.35. The van der Waals surface area contributed by atoms with Gasteiger partial charge >= 0.3 is 0 Å². The van der Waals surface area contributed by atoms with Crippen LogP contribution in [0, 0.1) is 6.16 Å². The number of rotatable bonds is 22. The van der Waals surface area contributed by atoms with Gasteiger partial charge in [-0.1, -0.05) is 181 Å². The number of benzene rings is 2. The molecular weight excluding hydrogens is 572 g/mol. The minimum absolute atomic E-state index is 0. The Kier molecular flexibility index (Phi) is 21.9. The number of carbonyl (C=O) groups is 1. The zero-order valence-corrected chi connectivity index (χ0v) is 26.7. The molecule has 0 unspecified atom stereocenters. The molecule has 4 heteroatoms. The predicted octanol–water partition coefficient (Wildman–Crippen LogP) is 9.39. The maximum atomic E-state index is 12.8. The van der Waals surface area contributed by atoms with E-state index in [4.69, 9.17) is 0 Å². The third kappa shape index (κ3) is 16.2. The monoisotopic (exact) mass is 625 g/mol. The molecule has 1 amide bonds. The van der Waals surface area contributed by atoms with Gasteiger partial charge in [0.1, 0.15) is 0 Å². The van der Waals surface area contributed by atoms with E-state index in [0.29, 0.717) is 6.42 Å². The third-order valence-corrected chi connectivity index (χ3v) is 9.55. The summed E-state index contributed by atoms with van der Waals surface area (Å²) in [4.78, 5) is 14.7. The van der Waals surface area contributed by atoms with Crippen molar-refractivity contribution in [3.05, 3.63) is 66.8 Å². The Bertz CT molecular complexity index is 761. The summed E-state index contributed by atoms with van der Waals surface area (Å²) in [6.45, 7) is 3.16. The summed E-state index contributed by atoms with van der Waals surface area (Å²) >= 11 is 0. The molecule has 38 heavy (non-hydrogen) atoms. The minimum Gasteiger partial charge on any atom is -0.348 e. The molecule has 0 atom stereocenters. The normalized spacial score (nSPS) is 10.9. The van der Waals surface area contributed by atoms with Gasteiger partial charge in [0, 0.05) is 33.1 Å². The van der Waals surface area contributed by atoms with Crippen molar-refractivity contribution < 1.29 is 24.3 Å². The van der Waals surface area contributed by atoms with Crippen LogP contribution in [0.5, 0.6) is 0 Å². The van der Waals surface area contributed by atoms with Crippen molar-refractivity contribution in [2.24, 2.45) is 0 Å². The standard InChI is InChI=1S/C34H53NOP.Rh/c1-3-4-5-6-7-8-9-10-11-12-13-14-15-16-17-24-30-35(2)34(36)29-31-37(32-25-20-18-21-26-32)33-27-22-19-23-28-33;/h18-23,25-28,31H,3-17,24,29-30H2,1-2H3;/q-1;. The zero-order chi connectivity index (χ0) is 26.4. The predicted molar refractivity (Wildman–Crippen MR) is 165 cm³/mol. The summed E-state index contributed by atoms with van der Waals surface area (Å²) in [5.74, 6) is 0.236. The summed E-state index contributed by atoms with van der Waals surface area (Å²) in [5.41, 5.74) is 0. The molecule has 0 aromatic heterocycles. The average molecular weight is 626 g/mol. The van der Waals surface area contributed by atoms with E-state index in [1.165, 1.54) is 107 Å². The van der Waals surface area contributed by atoms with Crippen LogP contribution < -0.4 is 10.6 Å². The fourth-order valence-corrected chi connectivity index (χ4v) is 6.93. The number of unbranched alkanes of at least 4 members (excludes halogenated alkanes) is 15. The van der Waals surface area contributed by atoms with Gasteiger partial charge in [-0.25, -0.2) is 7.92 Å². The van der Waals surface area contributed by atoms with E-state index in [0.717, 1.165) is 13.0 Å². The van der Waals surface area contributed by atoms with Crippen molar-refractivity contribution in [2.75, 3.05) is 13.6 Å². The summed E-state index contributed by atoms with van der Waals surface area (Å²) in [5, 5.41) is 2.61. The maximum absolute atomic E-state index is 12.8. The van der Waals surface area contributed by atoms with Crippen molar-refractivity contribution in [1.29, 1.82) is 0 Å². The van der Waals surface area contributed by atoms with Gasteiger partial charge in [-0.15, -0.1) is 0 Å². The molecule has 2 rings (SSSR count). The third-order valence-electron chi connectivity index (χ3n) is 7.29. The molecule has 215 valence electrons. The molecule has 0 N–H and O–H groups in total. The largest absolute Gasteiger partial charge is 0.348 e. The van der Waals surface area contributed by atoms with Gasteiger partial charge in [-0.3, -0.25) is 11.0 Å². The summed E-state index contributed by atoms with van der Waals surface area (Å²) in [6.07, 6.45) is 24.8. The first-order chi connectivity index (χ1) is 18.2. The Morgan fingerprint density at radius 2 is 1.00 bits per heavy atom. The van der Waals surface area contributed by atoms with E-state index in [-0.39, 0.29) is 25.4 Å². The molecular formula is C34H53NOPRh-. The summed E-state index contributed by atoms with van der Waals surface area (Å²) in [6, 6.07) is 21.2. The molecule has 0 bridgehead atoms. The molecule has 0 aliphatic heterocycles. The van der Waals surface area contributed by atoms with Gasteiger partial charge in [0.05, 0.1) is 0 Å². The number of amides is 1. The molecule has 0 saturated carbocycles. The van der Waals surface area contributed by atoms with Gasteiger partial charge in [-0.2, -0.15) is 0 Å². The van der Waals surface area contributed by atoms with Gasteiger partial charge in [0.2, 0.25) is 0 Å². The number of nitrogens with zero attached hydrogens (tertiary/aromatic N) is 1. The second kappa shape index (κ2) is 23.8. The Hall–Kier alpha value is -1.04. The van der Waals surface area contributed by atoms with Crippen molar-refractivity contribution >= 4 is 24.4 Å². The number of hydrogen-bond donors (Lipinski definition) is 0. The molecule has 0 heterocycles. The molecule has 2 aromatic carbocycles. The van der Waals surface area contributed by atoms with E-state index < -0.39 is 7.92 Å². The Morgan fingerprint density at radius 1 is 0.632 bits per heavy atom. The number of hydrogen-bond acceptors (Lipinski definition) is 1. The van der Waals surface area contributed by atoms with Crippen LogP contribution in [0.4, 0.5) is 0 Å². The fourth-order valence-electron chi connectivity index (χ4n) is 4.88.